The molecule has 1 N–H and O–H groups in total. The maximum Gasteiger partial charge on any atom is 0.266 e. The van der Waals surface area contributed by atoms with E-state index in [0.29, 0.717) is 39.8 Å². The molecule has 4 aromatic rings. The molecule has 1 aromatic heterocycles. The summed E-state index contributed by atoms with van der Waals surface area (Å²) in [6.45, 7) is 2.36. The van der Waals surface area contributed by atoms with Gasteiger partial charge in [0.2, 0.25) is 0 Å². The van der Waals surface area contributed by atoms with Crippen molar-refractivity contribution < 1.29 is 14.4 Å². The van der Waals surface area contributed by atoms with Crippen molar-refractivity contribution in [3.05, 3.63) is 112 Å². The van der Waals surface area contributed by atoms with Gasteiger partial charge < -0.3 is 5.32 Å². The lowest BCUT2D eigenvalue weighted by atomic mass is 10.1. The minimum Gasteiger partial charge on any atom is -0.305 e. The zero-order chi connectivity index (χ0) is 23.8. The fourth-order valence-electron chi connectivity index (χ4n) is 3.92. The van der Waals surface area contributed by atoms with Crippen LogP contribution in [0.4, 0.5) is 11.5 Å². The predicted molar refractivity (Wildman–Crippen MR) is 129 cm³/mol. The normalized spacial score (nSPS) is 12.7. The van der Waals surface area contributed by atoms with E-state index in [4.69, 9.17) is 11.6 Å². The minimum atomic E-state index is -0.410. The van der Waals surface area contributed by atoms with Crippen LogP contribution in [0.5, 0.6) is 0 Å². The maximum absolute atomic E-state index is 12.9. The van der Waals surface area contributed by atoms with Crippen LogP contribution in [0, 0.1) is 6.92 Å². The molecule has 0 fully saturated rings. The van der Waals surface area contributed by atoms with Gasteiger partial charge in [-0.2, -0.15) is 5.10 Å². The molecule has 0 radical (unpaired) electrons. The molecule has 1 aliphatic rings. The molecule has 0 spiro atoms. The second-order valence-electron chi connectivity index (χ2n) is 7.92. The van der Waals surface area contributed by atoms with Crippen molar-refractivity contribution in [2.24, 2.45) is 0 Å². The molecule has 2 heterocycles. The third kappa shape index (κ3) is 3.86. The number of rotatable bonds is 5. The van der Waals surface area contributed by atoms with Gasteiger partial charge in [-0.3, -0.25) is 19.1 Å². The monoisotopic (exact) mass is 470 g/mol. The summed E-state index contributed by atoms with van der Waals surface area (Å²) < 4.78 is 1.76. The number of imide groups is 1. The van der Waals surface area contributed by atoms with E-state index in [9.17, 15) is 14.4 Å². The van der Waals surface area contributed by atoms with Gasteiger partial charge >= 0.3 is 0 Å². The summed E-state index contributed by atoms with van der Waals surface area (Å²) >= 11 is 6.25. The lowest BCUT2D eigenvalue weighted by Gasteiger charge is -2.14. The molecule has 0 bridgehead atoms. The van der Waals surface area contributed by atoms with Crippen LogP contribution in [0.2, 0.25) is 5.02 Å². The SMILES string of the molecule is Cc1cc(NC(=O)c2cccc(N3C(=O)c4ccccc4C3=O)c2)nn1Cc1ccccc1Cl. The van der Waals surface area contributed by atoms with E-state index in [1.54, 1.807) is 53.2 Å². The van der Waals surface area contributed by atoms with E-state index in [-0.39, 0.29) is 0 Å². The Morgan fingerprint density at radius 2 is 1.59 bits per heavy atom. The van der Waals surface area contributed by atoms with Crippen LogP contribution in [-0.4, -0.2) is 27.5 Å². The molecule has 34 heavy (non-hydrogen) atoms. The molecule has 1 aliphatic heterocycles. The maximum atomic E-state index is 12.9. The number of hydrogen-bond acceptors (Lipinski definition) is 4. The van der Waals surface area contributed by atoms with Gasteiger partial charge in [-0.15, -0.1) is 0 Å². The summed E-state index contributed by atoms with van der Waals surface area (Å²) in [5.74, 6) is -0.833. The summed E-state index contributed by atoms with van der Waals surface area (Å²) in [6, 6.07) is 22.3. The van der Waals surface area contributed by atoms with Gasteiger partial charge in [0.25, 0.3) is 17.7 Å². The van der Waals surface area contributed by atoms with Crippen molar-refractivity contribution in [3.63, 3.8) is 0 Å². The number of carbonyl (C=O) groups is 3. The van der Waals surface area contributed by atoms with E-state index in [1.165, 1.54) is 6.07 Å². The first kappa shape index (κ1) is 21.6. The smallest absolute Gasteiger partial charge is 0.266 e. The zero-order valence-corrected chi connectivity index (χ0v) is 18.9. The molecular formula is C26H19ClN4O3. The molecule has 3 amide bonds. The van der Waals surface area contributed by atoms with E-state index in [1.807, 2.05) is 31.2 Å². The van der Waals surface area contributed by atoms with Crippen molar-refractivity contribution in [3.8, 4) is 0 Å². The minimum absolute atomic E-state index is 0.298. The van der Waals surface area contributed by atoms with Gasteiger partial charge in [-0.25, -0.2) is 4.90 Å². The summed E-state index contributed by atoms with van der Waals surface area (Å²) in [4.78, 5) is 39.6. The molecular weight excluding hydrogens is 452 g/mol. The summed E-state index contributed by atoms with van der Waals surface area (Å²) in [5.41, 5.74) is 3.10. The van der Waals surface area contributed by atoms with Gasteiger partial charge in [0.05, 0.1) is 23.4 Å². The lowest BCUT2D eigenvalue weighted by Crippen LogP contribution is -2.29. The number of benzene rings is 3. The van der Waals surface area contributed by atoms with Gasteiger partial charge in [0.1, 0.15) is 0 Å². The topological polar surface area (TPSA) is 84.3 Å². The van der Waals surface area contributed by atoms with Gasteiger partial charge in [0.15, 0.2) is 5.82 Å². The number of aryl methyl sites for hydroxylation is 1. The fourth-order valence-corrected chi connectivity index (χ4v) is 4.11. The van der Waals surface area contributed by atoms with Crippen molar-refractivity contribution in [2.45, 2.75) is 13.5 Å². The largest absolute Gasteiger partial charge is 0.305 e. The third-order valence-electron chi connectivity index (χ3n) is 5.66. The average Bonchev–Trinajstić information content (AvgIpc) is 3.31. The van der Waals surface area contributed by atoms with E-state index < -0.39 is 17.7 Å². The van der Waals surface area contributed by atoms with Crippen LogP contribution in [0.1, 0.15) is 42.3 Å². The highest BCUT2D eigenvalue weighted by Gasteiger charge is 2.36. The first-order chi connectivity index (χ1) is 16.4. The summed E-state index contributed by atoms with van der Waals surface area (Å²) in [7, 11) is 0. The third-order valence-corrected chi connectivity index (χ3v) is 6.03. The number of halogens is 1. The Bertz CT molecular complexity index is 1420. The molecule has 3 aromatic carbocycles. The molecule has 0 unspecified atom stereocenters. The standard InChI is InChI=1S/C26H19ClN4O3/c1-16-13-23(29-30(16)15-18-7-2-5-12-22(18)27)28-24(32)17-8-6-9-19(14-17)31-25(33)20-10-3-4-11-21(20)26(31)34/h2-14H,15H2,1H3,(H,28,29,32). The number of hydrogen-bond donors (Lipinski definition) is 1. The second-order valence-corrected chi connectivity index (χ2v) is 8.32. The number of amides is 3. The number of nitrogens with one attached hydrogen (secondary N) is 1. The molecule has 8 heteroatoms. The number of fused-ring (bicyclic) bond motifs is 1. The molecule has 7 nitrogen and oxygen atoms in total. The van der Waals surface area contributed by atoms with Crippen LogP contribution < -0.4 is 10.2 Å². The van der Waals surface area contributed by atoms with E-state index in [0.717, 1.165) is 16.2 Å². The second kappa shape index (κ2) is 8.61. The Morgan fingerprint density at radius 1 is 0.912 bits per heavy atom. The number of anilines is 2. The highest BCUT2D eigenvalue weighted by molar-refractivity contribution is 6.34. The molecule has 168 valence electrons. The molecule has 5 rings (SSSR count). The Hall–Kier alpha value is -4.23. The molecule has 0 aliphatic carbocycles. The van der Waals surface area contributed by atoms with Crippen molar-refractivity contribution >= 4 is 40.8 Å². The average molecular weight is 471 g/mol. The zero-order valence-electron chi connectivity index (χ0n) is 18.2. The highest BCUT2D eigenvalue weighted by Crippen LogP contribution is 2.29. The van der Waals surface area contributed by atoms with Crippen molar-refractivity contribution in [2.75, 3.05) is 10.2 Å². The molecule has 0 saturated heterocycles. The molecule has 0 atom stereocenters. The van der Waals surface area contributed by atoms with Crippen molar-refractivity contribution in [1.29, 1.82) is 0 Å². The van der Waals surface area contributed by atoms with Crippen LogP contribution in [0.3, 0.4) is 0 Å². The Balaban J connectivity index is 1.35. The predicted octanol–water partition coefficient (Wildman–Crippen LogP) is 4.95. The first-order valence-electron chi connectivity index (χ1n) is 10.6. The molecule has 0 saturated carbocycles. The van der Waals surface area contributed by atoms with Gasteiger partial charge in [0, 0.05) is 22.3 Å². The number of nitrogens with zero attached hydrogens (tertiary/aromatic N) is 3. The fraction of sp³-hybridized carbons (Fsp3) is 0.0769. The highest BCUT2D eigenvalue weighted by atomic mass is 35.5. The van der Waals surface area contributed by atoms with E-state index in [2.05, 4.69) is 10.4 Å². The lowest BCUT2D eigenvalue weighted by molar-refractivity contribution is 0.0924. The Kier molecular flexibility index (Phi) is 5.47. The van der Waals surface area contributed by atoms with Crippen molar-refractivity contribution in [1.82, 2.24) is 9.78 Å². The number of carbonyl (C=O) groups excluding carboxylic acids is 3. The first-order valence-corrected chi connectivity index (χ1v) is 11.0. The quantitative estimate of drug-likeness (QED) is 0.418. The Labute approximate surface area is 200 Å². The van der Waals surface area contributed by atoms with Crippen LogP contribution in [0.15, 0.2) is 78.9 Å². The van der Waals surface area contributed by atoms with Crippen LogP contribution >= 0.6 is 11.6 Å². The van der Waals surface area contributed by atoms with Gasteiger partial charge in [-0.1, -0.05) is 48.0 Å². The Morgan fingerprint density at radius 3 is 2.29 bits per heavy atom. The summed E-state index contributed by atoms with van der Waals surface area (Å²) in [6.07, 6.45) is 0. The number of aromatic nitrogens is 2. The van der Waals surface area contributed by atoms with Crippen LogP contribution in [-0.2, 0) is 6.54 Å². The van der Waals surface area contributed by atoms with E-state index >= 15 is 0 Å². The van der Waals surface area contributed by atoms with Crippen LogP contribution in [0.25, 0.3) is 0 Å². The van der Waals surface area contributed by atoms with Gasteiger partial charge in [-0.05, 0) is 48.9 Å². The summed E-state index contributed by atoms with van der Waals surface area (Å²) in [5, 5.41) is 7.90.